The zero-order chi connectivity index (χ0) is 9.10. The number of alkyl halides is 1. The van der Waals surface area contributed by atoms with Crippen LogP contribution < -0.4 is 0 Å². The van der Waals surface area contributed by atoms with Crippen molar-refractivity contribution in [2.45, 2.75) is 25.4 Å². The quantitative estimate of drug-likeness (QED) is 0.683. The number of hydrogen-bond donors (Lipinski definition) is 0. The van der Waals surface area contributed by atoms with Gasteiger partial charge in [0.1, 0.15) is 0 Å². The van der Waals surface area contributed by atoms with E-state index in [4.69, 9.17) is 11.6 Å². The predicted octanol–water partition coefficient (Wildman–Crippen LogP) is 2.95. The van der Waals surface area contributed by atoms with Crippen LogP contribution in [0.15, 0.2) is 16.8 Å². The van der Waals surface area contributed by atoms with E-state index in [2.05, 4.69) is 21.7 Å². The topological polar surface area (TPSA) is 3.24 Å². The van der Waals surface area contributed by atoms with Crippen LogP contribution in [0.25, 0.3) is 0 Å². The summed E-state index contributed by atoms with van der Waals surface area (Å²) in [6.07, 6.45) is 2.72. The van der Waals surface area contributed by atoms with E-state index >= 15 is 0 Å². The summed E-state index contributed by atoms with van der Waals surface area (Å²) in [7, 11) is 0. The highest BCUT2D eigenvalue weighted by Gasteiger charge is 2.28. The number of nitrogens with zero attached hydrogens (tertiary/aromatic N) is 1. The van der Waals surface area contributed by atoms with E-state index in [1.54, 1.807) is 11.3 Å². The molecule has 0 saturated heterocycles. The minimum absolute atomic E-state index is 0.751. The molecular formula is C10H14ClNS. The SMILES string of the molecule is ClCCN(Cc1ccsc1)C1CC1. The number of rotatable bonds is 5. The molecule has 2 rings (SSSR count). The molecule has 13 heavy (non-hydrogen) atoms. The van der Waals surface area contributed by atoms with Gasteiger partial charge in [-0.25, -0.2) is 0 Å². The van der Waals surface area contributed by atoms with Gasteiger partial charge in [-0.15, -0.1) is 11.6 Å². The molecule has 1 aliphatic carbocycles. The Morgan fingerprint density at radius 3 is 2.92 bits per heavy atom. The summed E-state index contributed by atoms with van der Waals surface area (Å²) in [6.45, 7) is 2.11. The molecule has 1 nitrogen and oxygen atoms in total. The van der Waals surface area contributed by atoms with Crippen LogP contribution in [0, 0.1) is 0 Å². The van der Waals surface area contributed by atoms with Crippen molar-refractivity contribution in [3.8, 4) is 0 Å². The summed E-state index contributed by atoms with van der Waals surface area (Å²) in [4.78, 5) is 2.50. The van der Waals surface area contributed by atoms with Gasteiger partial charge < -0.3 is 0 Å². The van der Waals surface area contributed by atoms with Crippen molar-refractivity contribution in [1.29, 1.82) is 0 Å². The summed E-state index contributed by atoms with van der Waals surface area (Å²) >= 11 is 7.54. The van der Waals surface area contributed by atoms with Crippen LogP contribution in [-0.2, 0) is 6.54 Å². The van der Waals surface area contributed by atoms with Crippen molar-refractivity contribution in [2.24, 2.45) is 0 Å². The van der Waals surface area contributed by atoms with Gasteiger partial charge in [-0.2, -0.15) is 11.3 Å². The van der Waals surface area contributed by atoms with Crippen LogP contribution in [0.4, 0.5) is 0 Å². The van der Waals surface area contributed by atoms with E-state index in [1.165, 1.54) is 18.4 Å². The molecule has 1 aromatic heterocycles. The summed E-state index contributed by atoms with van der Waals surface area (Å²) in [5.41, 5.74) is 1.43. The molecule has 3 heteroatoms. The fourth-order valence-electron chi connectivity index (χ4n) is 1.56. The Morgan fingerprint density at radius 2 is 2.38 bits per heavy atom. The predicted molar refractivity (Wildman–Crippen MR) is 58.5 cm³/mol. The first-order valence-corrected chi connectivity index (χ1v) is 6.19. The average Bonchev–Trinajstić information content (AvgIpc) is 2.85. The monoisotopic (exact) mass is 215 g/mol. The van der Waals surface area contributed by atoms with Crippen molar-refractivity contribution in [1.82, 2.24) is 4.90 Å². The zero-order valence-corrected chi connectivity index (χ0v) is 9.15. The lowest BCUT2D eigenvalue weighted by atomic mass is 10.3. The van der Waals surface area contributed by atoms with Crippen LogP contribution in [0.2, 0.25) is 0 Å². The van der Waals surface area contributed by atoms with Crippen LogP contribution in [0.1, 0.15) is 18.4 Å². The van der Waals surface area contributed by atoms with Gasteiger partial charge in [0.25, 0.3) is 0 Å². The average molecular weight is 216 g/mol. The third-order valence-corrected chi connectivity index (χ3v) is 3.30. The molecule has 1 aliphatic rings. The number of thiophene rings is 1. The highest BCUT2D eigenvalue weighted by molar-refractivity contribution is 7.07. The smallest absolute Gasteiger partial charge is 0.0351 e. The van der Waals surface area contributed by atoms with Crippen molar-refractivity contribution in [2.75, 3.05) is 12.4 Å². The molecule has 0 atom stereocenters. The molecule has 0 aromatic carbocycles. The third-order valence-electron chi connectivity index (χ3n) is 2.40. The van der Waals surface area contributed by atoms with E-state index in [0.717, 1.165) is 25.0 Å². The van der Waals surface area contributed by atoms with Crippen molar-refractivity contribution < 1.29 is 0 Å². The van der Waals surface area contributed by atoms with Gasteiger partial charge in [0.15, 0.2) is 0 Å². The largest absolute Gasteiger partial charge is 0.295 e. The van der Waals surface area contributed by atoms with Gasteiger partial charge in [-0.3, -0.25) is 4.90 Å². The minimum atomic E-state index is 0.751. The molecule has 1 heterocycles. The molecule has 0 bridgehead atoms. The Hall–Kier alpha value is -0.0500. The van der Waals surface area contributed by atoms with E-state index in [1.807, 2.05) is 0 Å². The molecule has 0 amide bonds. The first kappa shape index (κ1) is 9.50. The summed E-state index contributed by atoms with van der Waals surface area (Å²) < 4.78 is 0. The molecule has 0 unspecified atom stereocenters. The minimum Gasteiger partial charge on any atom is -0.295 e. The molecule has 1 saturated carbocycles. The molecule has 1 fully saturated rings. The van der Waals surface area contributed by atoms with Crippen LogP contribution in [0.5, 0.6) is 0 Å². The molecular weight excluding hydrogens is 202 g/mol. The lowest BCUT2D eigenvalue weighted by Crippen LogP contribution is -2.27. The van der Waals surface area contributed by atoms with Gasteiger partial charge in [-0.05, 0) is 35.2 Å². The fourth-order valence-corrected chi connectivity index (χ4v) is 2.43. The Balaban J connectivity index is 1.89. The first-order chi connectivity index (χ1) is 6.40. The van der Waals surface area contributed by atoms with E-state index in [-0.39, 0.29) is 0 Å². The first-order valence-electron chi connectivity index (χ1n) is 4.71. The summed E-state index contributed by atoms with van der Waals surface area (Å²) in [5.74, 6) is 0.751. The Bertz CT molecular complexity index is 243. The maximum absolute atomic E-state index is 5.77. The third kappa shape index (κ3) is 2.70. The normalized spacial score (nSPS) is 16.8. The second kappa shape index (κ2) is 4.45. The van der Waals surface area contributed by atoms with E-state index < -0.39 is 0 Å². The summed E-state index contributed by atoms with van der Waals surface area (Å²) in [6, 6.07) is 3.02. The standard InChI is InChI=1S/C10H14ClNS/c11-4-5-12(10-1-2-10)7-9-3-6-13-8-9/h3,6,8,10H,1-2,4-5,7H2. The fraction of sp³-hybridized carbons (Fsp3) is 0.600. The summed E-state index contributed by atoms with van der Waals surface area (Å²) in [5, 5.41) is 4.37. The van der Waals surface area contributed by atoms with Gasteiger partial charge in [0.2, 0.25) is 0 Å². The highest BCUT2D eigenvalue weighted by atomic mass is 35.5. The van der Waals surface area contributed by atoms with E-state index in [9.17, 15) is 0 Å². The molecule has 0 radical (unpaired) electrons. The number of halogens is 1. The molecule has 72 valence electrons. The molecule has 1 aromatic rings. The van der Waals surface area contributed by atoms with Gasteiger partial charge in [0.05, 0.1) is 0 Å². The Kier molecular flexibility index (Phi) is 3.25. The van der Waals surface area contributed by atoms with Gasteiger partial charge in [0, 0.05) is 25.0 Å². The second-order valence-electron chi connectivity index (χ2n) is 3.52. The number of hydrogen-bond acceptors (Lipinski definition) is 2. The van der Waals surface area contributed by atoms with Crippen molar-refractivity contribution >= 4 is 22.9 Å². The lowest BCUT2D eigenvalue weighted by molar-refractivity contribution is 0.271. The van der Waals surface area contributed by atoms with Crippen LogP contribution in [-0.4, -0.2) is 23.4 Å². The Morgan fingerprint density at radius 1 is 1.54 bits per heavy atom. The van der Waals surface area contributed by atoms with Crippen molar-refractivity contribution in [3.63, 3.8) is 0 Å². The van der Waals surface area contributed by atoms with Crippen LogP contribution >= 0.6 is 22.9 Å². The Labute approximate surface area is 88.3 Å². The van der Waals surface area contributed by atoms with Gasteiger partial charge >= 0.3 is 0 Å². The van der Waals surface area contributed by atoms with Crippen molar-refractivity contribution in [3.05, 3.63) is 22.4 Å². The molecule has 0 aliphatic heterocycles. The van der Waals surface area contributed by atoms with Gasteiger partial charge in [-0.1, -0.05) is 0 Å². The second-order valence-corrected chi connectivity index (χ2v) is 4.68. The highest BCUT2D eigenvalue weighted by Crippen LogP contribution is 2.28. The van der Waals surface area contributed by atoms with E-state index in [0.29, 0.717) is 0 Å². The lowest BCUT2D eigenvalue weighted by Gasteiger charge is -2.19. The molecule has 0 spiro atoms. The molecule has 0 N–H and O–H groups in total. The maximum atomic E-state index is 5.77. The zero-order valence-electron chi connectivity index (χ0n) is 7.58. The van der Waals surface area contributed by atoms with Crippen LogP contribution in [0.3, 0.4) is 0 Å². The maximum Gasteiger partial charge on any atom is 0.0351 e.